The molecule has 2 N–H and O–H groups in total. The van der Waals surface area contributed by atoms with Gasteiger partial charge < -0.3 is 10.4 Å². The second kappa shape index (κ2) is 8.49. The number of aliphatic hydroxyl groups is 1. The first-order valence-electron chi connectivity index (χ1n) is 8.20. The lowest BCUT2D eigenvalue weighted by Crippen LogP contribution is -2.37. The molecule has 3 unspecified atom stereocenters. The van der Waals surface area contributed by atoms with Crippen molar-refractivity contribution in [2.75, 3.05) is 0 Å². The molecular formula is C20H25NO2. The third-order valence-electron chi connectivity index (χ3n) is 4.08. The summed E-state index contributed by atoms with van der Waals surface area (Å²) in [6.45, 7) is 3.95. The molecule has 2 aromatic rings. The van der Waals surface area contributed by atoms with Gasteiger partial charge >= 0.3 is 0 Å². The minimum Gasteiger partial charge on any atom is -0.388 e. The van der Waals surface area contributed by atoms with Crippen LogP contribution >= 0.6 is 0 Å². The summed E-state index contributed by atoms with van der Waals surface area (Å²) in [6, 6.07) is 19.3. The summed E-state index contributed by atoms with van der Waals surface area (Å²) in [5, 5.41) is 13.3. The van der Waals surface area contributed by atoms with Crippen LogP contribution in [0.3, 0.4) is 0 Å². The second-order valence-electron chi connectivity index (χ2n) is 5.94. The van der Waals surface area contributed by atoms with Gasteiger partial charge in [0.15, 0.2) is 0 Å². The van der Waals surface area contributed by atoms with E-state index in [1.807, 2.05) is 74.5 Å². The predicted octanol–water partition coefficient (Wildman–Crippen LogP) is 3.81. The van der Waals surface area contributed by atoms with Gasteiger partial charge in [-0.2, -0.15) is 0 Å². The Morgan fingerprint density at radius 3 is 2.04 bits per heavy atom. The zero-order valence-corrected chi connectivity index (χ0v) is 13.8. The van der Waals surface area contributed by atoms with Crippen molar-refractivity contribution in [2.24, 2.45) is 0 Å². The number of nitrogens with one attached hydrogen (secondary N) is 1. The SMILES string of the molecule is CCC(C(=O)NC(C)CC(O)c1ccccc1)c1ccccc1. The molecule has 23 heavy (non-hydrogen) atoms. The van der Waals surface area contributed by atoms with Crippen LogP contribution in [0, 0.1) is 0 Å². The Hall–Kier alpha value is -2.13. The van der Waals surface area contributed by atoms with Gasteiger partial charge in [-0.1, -0.05) is 67.6 Å². The molecular weight excluding hydrogens is 286 g/mol. The molecule has 0 aliphatic carbocycles. The van der Waals surface area contributed by atoms with E-state index in [9.17, 15) is 9.90 Å². The number of amides is 1. The van der Waals surface area contributed by atoms with Crippen LogP contribution in [0.2, 0.25) is 0 Å². The largest absolute Gasteiger partial charge is 0.388 e. The smallest absolute Gasteiger partial charge is 0.227 e. The molecule has 0 spiro atoms. The molecule has 2 aromatic carbocycles. The van der Waals surface area contributed by atoms with Crippen LogP contribution in [0.25, 0.3) is 0 Å². The number of carbonyl (C=O) groups excluding carboxylic acids is 1. The highest BCUT2D eigenvalue weighted by Gasteiger charge is 2.21. The summed E-state index contributed by atoms with van der Waals surface area (Å²) in [5.41, 5.74) is 1.91. The highest BCUT2D eigenvalue weighted by molar-refractivity contribution is 5.83. The zero-order chi connectivity index (χ0) is 16.7. The van der Waals surface area contributed by atoms with Crippen LogP contribution in [0.1, 0.15) is 49.8 Å². The predicted molar refractivity (Wildman–Crippen MR) is 93.1 cm³/mol. The molecule has 122 valence electrons. The first-order chi connectivity index (χ1) is 11.1. The lowest BCUT2D eigenvalue weighted by molar-refractivity contribution is -0.123. The standard InChI is InChI=1S/C20H25NO2/c1-3-18(16-10-6-4-7-11-16)20(23)21-15(2)14-19(22)17-12-8-5-9-13-17/h4-13,15,18-19,22H,3,14H2,1-2H3,(H,21,23). The minimum atomic E-state index is -0.566. The maximum atomic E-state index is 12.5. The Balaban J connectivity index is 1.93. The van der Waals surface area contributed by atoms with Crippen molar-refractivity contribution in [2.45, 2.75) is 44.8 Å². The molecule has 0 aliphatic heterocycles. The molecule has 0 heterocycles. The Labute approximate surface area is 138 Å². The fourth-order valence-corrected chi connectivity index (χ4v) is 2.81. The van der Waals surface area contributed by atoms with Crippen molar-refractivity contribution in [3.8, 4) is 0 Å². The van der Waals surface area contributed by atoms with Gasteiger partial charge in [0, 0.05) is 6.04 Å². The van der Waals surface area contributed by atoms with Gasteiger partial charge in [-0.15, -0.1) is 0 Å². The lowest BCUT2D eigenvalue weighted by Gasteiger charge is -2.22. The van der Waals surface area contributed by atoms with E-state index in [1.165, 1.54) is 0 Å². The Morgan fingerprint density at radius 1 is 1.00 bits per heavy atom. The monoisotopic (exact) mass is 311 g/mol. The molecule has 0 saturated heterocycles. The zero-order valence-electron chi connectivity index (χ0n) is 13.8. The topological polar surface area (TPSA) is 49.3 Å². The van der Waals surface area contributed by atoms with Gasteiger partial charge in [-0.3, -0.25) is 4.79 Å². The number of hydrogen-bond donors (Lipinski definition) is 2. The Kier molecular flexibility index (Phi) is 6.36. The molecule has 0 radical (unpaired) electrons. The Morgan fingerprint density at radius 2 is 1.52 bits per heavy atom. The minimum absolute atomic E-state index is 0.0199. The average Bonchev–Trinajstić information content (AvgIpc) is 2.57. The Bertz CT molecular complexity index is 598. The van der Waals surface area contributed by atoms with Gasteiger partial charge in [0.25, 0.3) is 0 Å². The van der Waals surface area contributed by atoms with Crippen molar-refractivity contribution >= 4 is 5.91 Å². The molecule has 0 fully saturated rings. The maximum absolute atomic E-state index is 12.5. The highest BCUT2D eigenvalue weighted by Crippen LogP contribution is 2.21. The summed E-state index contributed by atoms with van der Waals surface area (Å²) >= 11 is 0. The average molecular weight is 311 g/mol. The van der Waals surface area contributed by atoms with Gasteiger partial charge in [0.2, 0.25) is 5.91 Å². The maximum Gasteiger partial charge on any atom is 0.227 e. The van der Waals surface area contributed by atoms with Gasteiger partial charge in [0.05, 0.1) is 12.0 Å². The second-order valence-corrected chi connectivity index (χ2v) is 5.94. The van der Waals surface area contributed by atoms with E-state index in [0.29, 0.717) is 6.42 Å². The number of benzene rings is 2. The van der Waals surface area contributed by atoms with E-state index in [2.05, 4.69) is 5.32 Å². The van der Waals surface area contributed by atoms with Crippen molar-refractivity contribution in [1.82, 2.24) is 5.32 Å². The van der Waals surface area contributed by atoms with Crippen LogP contribution < -0.4 is 5.32 Å². The summed E-state index contributed by atoms with van der Waals surface area (Å²) in [7, 11) is 0. The van der Waals surface area contributed by atoms with E-state index in [0.717, 1.165) is 17.5 Å². The summed E-state index contributed by atoms with van der Waals surface area (Å²) in [4.78, 5) is 12.5. The van der Waals surface area contributed by atoms with Gasteiger partial charge in [0.1, 0.15) is 0 Å². The van der Waals surface area contributed by atoms with Crippen molar-refractivity contribution in [3.63, 3.8) is 0 Å². The fraction of sp³-hybridized carbons (Fsp3) is 0.350. The van der Waals surface area contributed by atoms with E-state index in [-0.39, 0.29) is 17.9 Å². The van der Waals surface area contributed by atoms with Crippen LogP contribution in [0.15, 0.2) is 60.7 Å². The molecule has 0 saturated carbocycles. The van der Waals surface area contributed by atoms with Crippen molar-refractivity contribution in [3.05, 3.63) is 71.8 Å². The molecule has 3 nitrogen and oxygen atoms in total. The summed E-state index contributed by atoms with van der Waals surface area (Å²) in [5.74, 6) is -0.126. The number of rotatable bonds is 7. The highest BCUT2D eigenvalue weighted by atomic mass is 16.3. The molecule has 2 rings (SSSR count). The first-order valence-corrected chi connectivity index (χ1v) is 8.20. The van der Waals surface area contributed by atoms with Gasteiger partial charge in [-0.25, -0.2) is 0 Å². The van der Waals surface area contributed by atoms with Crippen molar-refractivity contribution < 1.29 is 9.90 Å². The van der Waals surface area contributed by atoms with Gasteiger partial charge in [-0.05, 0) is 30.9 Å². The van der Waals surface area contributed by atoms with E-state index in [1.54, 1.807) is 0 Å². The molecule has 1 amide bonds. The molecule has 3 heteroatoms. The van der Waals surface area contributed by atoms with E-state index in [4.69, 9.17) is 0 Å². The summed E-state index contributed by atoms with van der Waals surface area (Å²) < 4.78 is 0. The van der Waals surface area contributed by atoms with E-state index < -0.39 is 6.10 Å². The fourth-order valence-electron chi connectivity index (χ4n) is 2.81. The molecule has 0 bridgehead atoms. The molecule has 0 aromatic heterocycles. The van der Waals surface area contributed by atoms with Crippen molar-refractivity contribution in [1.29, 1.82) is 0 Å². The quantitative estimate of drug-likeness (QED) is 0.817. The number of carbonyl (C=O) groups is 1. The third kappa shape index (κ3) is 4.93. The van der Waals surface area contributed by atoms with Crippen LogP contribution in [0.5, 0.6) is 0 Å². The molecule has 0 aliphatic rings. The normalized spacial score (nSPS) is 14.7. The lowest BCUT2D eigenvalue weighted by atomic mass is 9.95. The van der Waals surface area contributed by atoms with Crippen LogP contribution in [-0.4, -0.2) is 17.1 Å². The number of hydrogen-bond acceptors (Lipinski definition) is 2. The van der Waals surface area contributed by atoms with Crippen LogP contribution in [0.4, 0.5) is 0 Å². The first kappa shape index (κ1) is 17.2. The molecule has 3 atom stereocenters. The van der Waals surface area contributed by atoms with E-state index >= 15 is 0 Å². The third-order valence-corrected chi connectivity index (χ3v) is 4.08. The number of aliphatic hydroxyl groups excluding tert-OH is 1. The van der Waals surface area contributed by atoms with Crippen LogP contribution in [-0.2, 0) is 4.79 Å². The summed E-state index contributed by atoms with van der Waals surface area (Å²) in [6.07, 6.45) is 0.688.